The summed E-state index contributed by atoms with van der Waals surface area (Å²) in [6, 6.07) is 7.28. The molecule has 0 radical (unpaired) electrons. The van der Waals surface area contributed by atoms with Crippen LogP contribution in [0.2, 0.25) is 0 Å². The first kappa shape index (κ1) is 14.8. The van der Waals surface area contributed by atoms with E-state index in [0.717, 1.165) is 17.7 Å². The Morgan fingerprint density at radius 1 is 1.19 bits per heavy atom. The SMILES string of the molecule is CC(C)[C@@H]1CC[C@@H](C)C[C@H]1C1=NS(=O)(=O)c2ccccc21. The van der Waals surface area contributed by atoms with Crippen molar-refractivity contribution >= 4 is 15.7 Å². The summed E-state index contributed by atoms with van der Waals surface area (Å²) in [4.78, 5) is 0.390. The van der Waals surface area contributed by atoms with Crippen molar-refractivity contribution in [2.24, 2.45) is 28.1 Å². The fraction of sp³-hybridized carbons (Fsp3) is 0.588. The molecule has 0 bridgehead atoms. The fourth-order valence-electron chi connectivity index (χ4n) is 3.92. The van der Waals surface area contributed by atoms with Crippen LogP contribution >= 0.6 is 0 Å². The minimum atomic E-state index is -3.48. The topological polar surface area (TPSA) is 46.5 Å². The molecule has 3 nitrogen and oxygen atoms in total. The van der Waals surface area contributed by atoms with E-state index in [2.05, 4.69) is 25.2 Å². The summed E-state index contributed by atoms with van der Waals surface area (Å²) in [7, 11) is -3.48. The molecule has 1 aromatic rings. The Labute approximate surface area is 127 Å². The van der Waals surface area contributed by atoms with E-state index in [0.29, 0.717) is 22.6 Å². The van der Waals surface area contributed by atoms with Crippen LogP contribution in [0.15, 0.2) is 33.6 Å². The van der Waals surface area contributed by atoms with E-state index in [1.54, 1.807) is 12.1 Å². The van der Waals surface area contributed by atoms with Crippen molar-refractivity contribution in [1.82, 2.24) is 0 Å². The van der Waals surface area contributed by atoms with Crippen LogP contribution < -0.4 is 0 Å². The number of sulfonamides is 1. The molecule has 4 heteroatoms. The largest absolute Gasteiger partial charge is 0.283 e. The number of hydrogen-bond donors (Lipinski definition) is 0. The third kappa shape index (κ3) is 2.54. The van der Waals surface area contributed by atoms with Crippen molar-refractivity contribution in [2.45, 2.75) is 44.9 Å². The summed E-state index contributed by atoms with van der Waals surface area (Å²) in [6.07, 6.45) is 3.46. The molecule has 21 heavy (non-hydrogen) atoms. The van der Waals surface area contributed by atoms with Gasteiger partial charge in [-0.25, -0.2) is 0 Å². The average molecular weight is 305 g/mol. The molecule has 1 aromatic carbocycles. The maximum Gasteiger partial charge on any atom is 0.283 e. The lowest BCUT2D eigenvalue weighted by atomic mass is 9.67. The van der Waals surface area contributed by atoms with Gasteiger partial charge in [-0.2, -0.15) is 12.8 Å². The van der Waals surface area contributed by atoms with Gasteiger partial charge in [-0.05, 0) is 36.7 Å². The number of hydrogen-bond acceptors (Lipinski definition) is 2. The summed E-state index contributed by atoms with van der Waals surface area (Å²) in [5.41, 5.74) is 1.65. The van der Waals surface area contributed by atoms with Crippen LogP contribution in [-0.2, 0) is 10.0 Å². The Morgan fingerprint density at radius 3 is 2.62 bits per heavy atom. The maximum atomic E-state index is 12.3. The van der Waals surface area contributed by atoms with Crippen LogP contribution in [0.5, 0.6) is 0 Å². The van der Waals surface area contributed by atoms with Crippen molar-refractivity contribution in [1.29, 1.82) is 0 Å². The van der Waals surface area contributed by atoms with E-state index >= 15 is 0 Å². The summed E-state index contributed by atoms with van der Waals surface area (Å²) in [5.74, 6) is 2.00. The lowest BCUT2D eigenvalue weighted by molar-refractivity contribution is 0.191. The minimum absolute atomic E-state index is 0.271. The summed E-state index contributed by atoms with van der Waals surface area (Å²) in [6.45, 7) is 6.74. The molecule has 3 atom stereocenters. The van der Waals surface area contributed by atoms with E-state index in [-0.39, 0.29) is 5.92 Å². The van der Waals surface area contributed by atoms with Crippen molar-refractivity contribution in [3.05, 3.63) is 29.8 Å². The molecule has 1 fully saturated rings. The van der Waals surface area contributed by atoms with Crippen LogP contribution in [0, 0.1) is 23.7 Å². The van der Waals surface area contributed by atoms with Crippen molar-refractivity contribution < 1.29 is 8.42 Å². The van der Waals surface area contributed by atoms with Crippen LogP contribution in [0.1, 0.15) is 45.6 Å². The molecule has 1 saturated carbocycles. The summed E-state index contributed by atoms with van der Waals surface area (Å²) >= 11 is 0. The van der Waals surface area contributed by atoms with Gasteiger partial charge in [0.05, 0.1) is 10.6 Å². The fourth-order valence-corrected chi connectivity index (χ4v) is 5.21. The quantitative estimate of drug-likeness (QED) is 0.832. The molecule has 0 amide bonds. The van der Waals surface area contributed by atoms with Gasteiger partial charge in [0.2, 0.25) is 0 Å². The molecular weight excluding hydrogens is 282 g/mol. The zero-order chi connectivity index (χ0) is 15.2. The Morgan fingerprint density at radius 2 is 1.90 bits per heavy atom. The molecule has 0 N–H and O–H groups in total. The standard InChI is InChI=1S/C17H23NO2S/c1-11(2)13-9-8-12(3)10-15(13)17-14-6-4-5-7-16(14)21(19,20)18-17/h4-7,11-13,15H,8-10H2,1-3H3/t12-,13+,15-/m1/s1. The molecule has 0 spiro atoms. The predicted molar refractivity (Wildman–Crippen MR) is 85.0 cm³/mol. The third-order valence-electron chi connectivity index (χ3n) is 5.03. The van der Waals surface area contributed by atoms with Gasteiger partial charge in [-0.3, -0.25) is 0 Å². The third-order valence-corrected chi connectivity index (χ3v) is 6.38. The van der Waals surface area contributed by atoms with E-state index in [4.69, 9.17) is 0 Å². The first-order valence-electron chi connectivity index (χ1n) is 7.84. The molecule has 0 aromatic heterocycles. The zero-order valence-electron chi connectivity index (χ0n) is 12.9. The van der Waals surface area contributed by atoms with Crippen molar-refractivity contribution in [2.75, 3.05) is 0 Å². The minimum Gasteiger partial charge on any atom is -0.199 e. The van der Waals surface area contributed by atoms with Gasteiger partial charge in [0.25, 0.3) is 10.0 Å². The van der Waals surface area contributed by atoms with Gasteiger partial charge in [0.1, 0.15) is 0 Å². The van der Waals surface area contributed by atoms with Crippen LogP contribution in [0.25, 0.3) is 0 Å². The van der Waals surface area contributed by atoms with E-state index in [1.807, 2.05) is 12.1 Å². The monoisotopic (exact) mass is 305 g/mol. The summed E-state index contributed by atoms with van der Waals surface area (Å²) in [5, 5.41) is 0. The number of nitrogens with zero attached hydrogens (tertiary/aromatic N) is 1. The molecule has 1 aliphatic carbocycles. The van der Waals surface area contributed by atoms with Gasteiger partial charge in [-0.15, -0.1) is 0 Å². The molecule has 114 valence electrons. The zero-order valence-corrected chi connectivity index (χ0v) is 13.7. The van der Waals surface area contributed by atoms with Gasteiger partial charge in [0.15, 0.2) is 0 Å². The van der Waals surface area contributed by atoms with E-state index in [9.17, 15) is 8.42 Å². The predicted octanol–water partition coefficient (Wildman–Crippen LogP) is 3.89. The highest BCUT2D eigenvalue weighted by Crippen LogP contribution is 2.42. The second-order valence-electron chi connectivity index (χ2n) is 6.88. The molecule has 2 aliphatic rings. The Hall–Kier alpha value is -1.16. The average Bonchev–Trinajstić information content (AvgIpc) is 2.71. The highest BCUT2D eigenvalue weighted by atomic mass is 32.2. The van der Waals surface area contributed by atoms with E-state index < -0.39 is 10.0 Å². The van der Waals surface area contributed by atoms with E-state index in [1.165, 1.54) is 12.8 Å². The van der Waals surface area contributed by atoms with Crippen LogP contribution in [0.3, 0.4) is 0 Å². The highest BCUT2D eigenvalue weighted by molar-refractivity contribution is 7.90. The Bertz CT molecular complexity index is 676. The first-order valence-corrected chi connectivity index (χ1v) is 9.28. The lowest BCUT2D eigenvalue weighted by Gasteiger charge is -2.37. The van der Waals surface area contributed by atoms with Gasteiger partial charge >= 0.3 is 0 Å². The normalized spacial score (nSPS) is 31.0. The second-order valence-corrected chi connectivity index (χ2v) is 8.45. The molecule has 3 rings (SSSR count). The molecule has 1 aliphatic heterocycles. The highest BCUT2D eigenvalue weighted by Gasteiger charge is 2.39. The number of benzene rings is 1. The van der Waals surface area contributed by atoms with Crippen molar-refractivity contribution in [3.8, 4) is 0 Å². The molecular formula is C17H23NO2S. The second kappa shape index (κ2) is 5.24. The Balaban J connectivity index is 2.07. The molecule has 0 saturated heterocycles. The summed E-state index contributed by atoms with van der Waals surface area (Å²) < 4.78 is 28.7. The molecule has 0 unspecified atom stereocenters. The van der Waals surface area contributed by atoms with Crippen LogP contribution in [0.4, 0.5) is 0 Å². The Kier molecular flexibility index (Phi) is 3.68. The van der Waals surface area contributed by atoms with Crippen LogP contribution in [-0.4, -0.2) is 14.1 Å². The maximum absolute atomic E-state index is 12.3. The van der Waals surface area contributed by atoms with Gasteiger partial charge < -0.3 is 0 Å². The molecule has 1 heterocycles. The first-order chi connectivity index (χ1) is 9.90. The smallest absolute Gasteiger partial charge is 0.199 e. The van der Waals surface area contributed by atoms with Gasteiger partial charge in [0, 0.05) is 11.5 Å². The van der Waals surface area contributed by atoms with Gasteiger partial charge in [-0.1, -0.05) is 45.4 Å². The lowest BCUT2D eigenvalue weighted by Crippen LogP contribution is -2.33. The number of rotatable bonds is 2. The number of fused-ring (bicyclic) bond motifs is 1. The van der Waals surface area contributed by atoms with Crippen molar-refractivity contribution in [3.63, 3.8) is 0 Å².